The number of anilines is 1. The van der Waals surface area contributed by atoms with Gasteiger partial charge in [-0.3, -0.25) is 9.59 Å². The summed E-state index contributed by atoms with van der Waals surface area (Å²) < 4.78 is 44.4. The molecule has 186 valence electrons. The Morgan fingerprint density at radius 2 is 1.65 bits per heavy atom. The van der Waals surface area contributed by atoms with Gasteiger partial charge in [-0.1, -0.05) is 0 Å². The van der Waals surface area contributed by atoms with E-state index in [0.717, 1.165) is 0 Å². The second kappa shape index (κ2) is 8.56. The number of carbonyl (C=O) groups is 2. The molecule has 0 atom stereocenters. The topological polar surface area (TPSA) is 106 Å². The lowest BCUT2D eigenvalue weighted by molar-refractivity contribution is -0.187. The molecule has 0 bridgehead atoms. The van der Waals surface area contributed by atoms with E-state index in [0.29, 0.717) is 76.7 Å². The van der Waals surface area contributed by atoms with Crippen molar-refractivity contribution >= 4 is 27.5 Å². The molecule has 0 aliphatic carbocycles. The zero-order valence-corrected chi connectivity index (χ0v) is 20.4. The fourth-order valence-corrected chi connectivity index (χ4v) is 6.62. The molecule has 11 heteroatoms. The second-order valence-electron chi connectivity index (χ2n) is 9.70. The van der Waals surface area contributed by atoms with E-state index in [2.05, 4.69) is 0 Å². The Labute approximate surface area is 199 Å². The molecule has 10 nitrogen and oxygen atoms in total. The van der Waals surface area contributed by atoms with Gasteiger partial charge in [-0.05, 0) is 37.6 Å². The largest absolute Gasteiger partial charge is 0.379 e. The average molecular weight is 494 g/mol. The smallest absolute Gasteiger partial charge is 0.243 e. The van der Waals surface area contributed by atoms with Crippen molar-refractivity contribution in [2.45, 2.75) is 42.8 Å². The number of ether oxygens (including phenoxy) is 3. The number of hydrogen-bond acceptors (Lipinski definition) is 7. The molecule has 1 spiro atoms. The zero-order valence-electron chi connectivity index (χ0n) is 19.6. The number of benzene rings is 1. The first-order valence-electron chi connectivity index (χ1n) is 11.7. The minimum atomic E-state index is -3.70. The zero-order chi connectivity index (χ0) is 24.1. The summed E-state index contributed by atoms with van der Waals surface area (Å²) in [5.41, 5.74) is 0.258. The Morgan fingerprint density at radius 3 is 2.29 bits per heavy atom. The summed E-state index contributed by atoms with van der Waals surface area (Å²) in [5, 5.41) is 0. The van der Waals surface area contributed by atoms with Gasteiger partial charge in [-0.15, -0.1) is 0 Å². The van der Waals surface area contributed by atoms with Gasteiger partial charge in [0.1, 0.15) is 6.54 Å². The van der Waals surface area contributed by atoms with Crippen LogP contribution < -0.4 is 4.90 Å². The van der Waals surface area contributed by atoms with Crippen molar-refractivity contribution < 1.29 is 32.2 Å². The number of piperidine rings is 1. The quantitative estimate of drug-likeness (QED) is 0.608. The van der Waals surface area contributed by atoms with Gasteiger partial charge in [0.2, 0.25) is 21.8 Å². The lowest BCUT2D eigenvalue weighted by Gasteiger charge is -2.38. The van der Waals surface area contributed by atoms with E-state index in [1.807, 2.05) is 0 Å². The maximum atomic E-state index is 13.3. The van der Waals surface area contributed by atoms with Crippen molar-refractivity contribution in [3.05, 3.63) is 23.8 Å². The van der Waals surface area contributed by atoms with Crippen molar-refractivity contribution in [1.29, 1.82) is 0 Å². The molecule has 2 amide bonds. The second-order valence-corrected chi connectivity index (χ2v) is 11.6. The molecule has 4 aliphatic heterocycles. The number of fused-ring (bicyclic) bond motifs is 1. The number of amides is 2. The van der Waals surface area contributed by atoms with Crippen LogP contribution in [0.1, 0.15) is 32.3 Å². The van der Waals surface area contributed by atoms with Gasteiger partial charge in [0.05, 0.1) is 36.7 Å². The fourth-order valence-electron chi connectivity index (χ4n) is 5.18. The lowest BCUT2D eigenvalue weighted by Crippen LogP contribution is -2.50. The van der Waals surface area contributed by atoms with E-state index < -0.39 is 21.2 Å². The predicted octanol–water partition coefficient (Wildman–Crippen LogP) is 0.697. The van der Waals surface area contributed by atoms with Gasteiger partial charge in [-0.25, -0.2) is 8.42 Å². The highest BCUT2D eigenvalue weighted by atomic mass is 32.2. The third-order valence-corrected chi connectivity index (χ3v) is 9.20. The van der Waals surface area contributed by atoms with Gasteiger partial charge >= 0.3 is 0 Å². The summed E-state index contributed by atoms with van der Waals surface area (Å²) in [7, 11) is -3.70. The molecule has 0 N–H and O–H groups in total. The first-order valence-corrected chi connectivity index (χ1v) is 13.2. The van der Waals surface area contributed by atoms with E-state index in [4.69, 9.17) is 14.2 Å². The molecule has 3 fully saturated rings. The van der Waals surface area contributed by atoms with Crippen molar-refractivity contribution in [3.8, 4) is 0 Å². The number of carbonyl (C=O) groups excluding carboxylic acids is 2. The van der Waals surface area contributed by atoms with Crippen molar-refractivity contribution in [2.75, 3.05) is 64.1 Å². The first kappa shape index (κ1) is 23.7. The van der Waals surface area contributed by atoms with E-state index >= 15 is 0 Å². The third-order valence-electron chi connectivity index (χ3n) is 7.30. The van der Waals surface area contributed by atoms with Crippen LogP contribution in [-0.4, -0.2) is 94.4 Å². The monoisotopic (exact) mass is 493 g/mol. The molecule has 0 saturated carbocycles. The van der Waals surface area contributed by atoms with Crippen molar-refractivity contribution in [2.24, 2.45) is 0 Å². The number of nitrogens with zero attached hydrogens (tertiary/aromatic N) is 3. The number of sulfonamides is 1. The maximum Gasteiger partial charge on any atom is 0.243 e. The van der Waals surface area contributed by atoms with Gasteiger partial charge in [0, 0.05) is 44.7 Å². The normalized spacial score (nSPS) is 24.6. The van der Waals surface area contributed by atoms with Crippen LogP contribution in [0.3, 0.4) is 0 Å². The standard InChI is InChI=1S/C23H31N3O7S/c1-22(2)18-15-17(34(29,30)25-9-11-31-12-10-25)3-4-19(18)26(21(22)28)16-20(27)24-7-5-23(6-8-24)32-13-14-33-23/h3-4,15H,5-14,16H2,1-2H3. The third kappa shape index (κ3) is 3.93. The average Bonchev–Trinajstić information content (AvgIpc) is 3.36. The van der Waals surface area contributed by atoms with Gasteiger partial charge in [-0.2, -0.15) is 4.31 Å². The fraction of sp³-hybridized carbons (Fsp3) is 0.652. The van der Waals surface area contributed by atoms with Crippen LogP contribution in [0.5, 0.6) is 0 Å². The number of rotatable bonds is 4. The highest BCUT2D eigenvalue weighted by Gasteiger charge is 2.46. The Balaban J connectivity index is 1.35. The molecular weight excluding hydrogens is 462 g/mol. The molecule has 1 aromatic carbocycles. The SMILES string of the molecule is CC1(C)C(=O)N(CC(=O)N2CCC3(CC2)OCCO3)c2ccc(S(=O)(=O)N3CCOCC3)cc21. The molecule has 4 aliphatic rings. The van der Waals surface area contributed by atoms with Crippen LogP contribution in [0, 0.1) is 0 Å². The summed E-state index contributed by atoms with van der Waals surface area (Å²) in [6, 6.07) is 4.76. The van der Waals surface area contributed by atoms with Crippen molar-refractivity contribution in [3.63, 3.8) is 0 Å². The van der Waals surface area contributed by atoms with Crippen LogP contribution >= 0.6 is 0 Å². The van der Waals surface area contributed by atoms with Crippen molar-refractivity contribution in [1.82, 2.24) is 9.21 Å². The van der Waals surface area contributed by atoms with E-state index in [9.17, 15) is 18.0 Å². The summed E-state index contributed by atoms with van der Waals surface area (Å²) in [6.45, 7) is 6.94. The van der Waals surface area contributed by atoms with Crippen LogP contribution in [0.15, 0.2) is 23.1 Å². The predicted molar refractivity (Wildman–Crippen MR) is 122 cm³/mol. The lowest BCUT2D eigenvalue weighted by atomic mass is 9.86. The first-order chi connectivity index (χ1) is 16.1. The van der Waals surface area contributed by atoms with Gasteiger partial charge in [0.15, 0.2) is 5.79 Å². The molecule has 0 aromatic heterocycles. The Kier molecular flexibility index (Phi) is 5.96. The van der Waals surface area contributed by atoms with Gasteiger partial charge < -0.3 is 24.0 Å². The summed E-state index contributed by atoms with van der Waals surface area (Å²) in [5.74, 6) is -0.931. The molecule has 34 heavy (non-hydrogen) atoms. The highest BCUT2D eigenvalue weighted by molar-refractivity contribution is 7.89. The molecule has 1 aromatic rings. The molecule has 5 rings (SSSR count). The van der Waals surface area contributed by atoms with E-state index in [-0.39, 0.29) is 23.3 Å². The highest BCUT2D eigenvalue weighted by Crippen LogP contribution is 2.43. The molecule has 3 saturated heterocycles. The summed E-state index contributed by atoms with van der Waals surface area (Å²) >= 11 is 0. The summed E-state index contributed by atoms with van der Waals surface area (Å²) in [6.07, 6.45) is 1.22. The Morgan fingerprint density at radius 1 is 1.00 bits per heavy atom. The van der Waals surface area contributed by atoms with E-state index in [1.54, 1.807) is 30.9 Å². The minimum Gasteiger partial charge on any atom is -0.379 e. The van der Waals surface area contributed by atoms with Crippen LogP contribution in [0.4, 0.5) is 5.69 Å². The van der Waals surface area contributed by atoms with E-state index in [1.165, 1.54) is 15.3 Å². The summed E-state index contributed by atoms with van der Waals surface area (Å²) in [4.78, 5) is 29.8. The van der Waals surface area contributed by atoms with Gasteiger partial charge in [0.25, 0.3) is 0 Å². The van der Waals surface area contributed by atoms with Crippen LogP contribution in [0.2, 0.25) is 0 Å². The van der Waals surface area contributed by atoms with Crippen LogP contribution in [-0.2, 0) is 39.2 Å². The Hall–Kier alpha value is -2.05. The molecule has 4 heterocycles. The molecule has 0 radical (unpaired) electrons. The minimum absolute atomic E-state index is 0.0838. The number of hydrogen-bond donors (Lipinski definition) is 0. The number of likely N-dealkylation sites (tertiary alicyclic amines) is 1. The maximum absolute atomic E-state index is 13.3. The Bertz CT molecular complexity index is 1080. The molecular formula is C23H31N3O7S. The molecule has 0 unspecified atom stereocenters. The number of morpholine rings is 1. The van der Waals surface area contributed by atoms with Crippen LogP contribution in [0.25, 0.3) is 0 Å².